The molecule has 0 radical (unpaired) electrons. The lowest BCUT2D eigenvalue weighted by Gasteiger charge is -2.12. The number of aliphatic hydroxyl groups is 1. The van der Waals surface area contributed by atoms with E-state index in [1.54, 1.807) is 4.68 Å². The Balaban J connectivity index is 1.88. The molecule has 0 aliphatic heterocycles. The third-order valence-electron chi connectivity index (χ3n) is 3.58. The first kappa shape index (κ1) is 18.4. The number of allylic oxidation sites excluding steroid dienone is 1. The number of thiazole rings is 1. The predicted molar refractivity (Wildman–Crippen MR) is 103 cm³/mol. The third kappa shape index (κ3) is 3.86. The van der Waals surface area contributed by atoms with E-state index in [1.165, 1.54) is 23.1 Å². The minimum Gasteiger partial charge on any atom is -0.510 e. The summed E-state index contributed by atoms with van der Waals surface area (Å²) in [5.74, 6) is 0.380. The number of thioether (sulfide) groups is 1. The lowest BCUT2D eigenvalue weighted by Crippen LogP contribution is -2.10. The van der Waals surface area contributed by atoms with Gasteiger partial charge in [0.25, 0.3) is 0 Å². The van der Waals surface area contributed by atoms with Crippen LogP contribution in [0.3, 0.4) is 0 Å². The maximum atomic E-state index is 10.7. The molecule has 0 spiro atoms. The summed E-state index contributed by atoms with van der Waals surface area (Å²) in [6, 6.07) is 9.75. The van der Waals surface area contributed by atoms with Gasteiger partial charge in [-0.3, -0.25) is 0 Å². The second-order valence-electron chi connectivity index (χ2n) is 6.16. The Labute approximate surface area is 159 Å². The first-order valence-electron chi connectivity index (χ1n) is 8.11. The lowest BCUT2D eigenvalue weighted by atomic mass is 10.2. The quantitative estimate of drug-likeness (QED) is 0.389. The number of fused-ring (bicyclic) bond motifs is 1. The fraction of sp³-hybridized carbons (Fsp3) is 0.353. The van der Waals surface area contributed by atoms with E-state index < -0.39 is 0 Å². The molecule has 26 heavy (non-hydrogen) atoms. The van der Waals surface area contributed by atoms with Crippen LogP contribution in [0.2, 0.25) is 0 Å². The Morgan fingerprint density at radius 1 is 1.35 bits per heavy atom. The molecule has 2 heterocycles. The molecule has 0 unspecified atom stereocenters. The average Bonchev–Trinajstić information content (AvgIpc) is 3.21. The van der Waals surface area contributed by atoms with E-state index in [2.05, 4.69) is 40.4 Å². The summed E-state index contributed by atoms with van der Waals surface area (Å²) in [7, 11) is 0. The average molecular weight is 387 g/mol. The van der Waals surface area contributed by atoms with E-state index in [-0.39, 0.29) is 16.6 Å². The number of nitrogens with zero attached hydrogens (tertiary/aromatic N) is 6. The maximum Gasteiger partial charge on any atom is 0.210 e. The summed E-state index contributed by atoms with van der Waals surface area (Å²) in [5, 5.41) is 32.7. The zero-order valence-electron chi connectivity index (χ0n) is 14.6. The van der Waals surface area contributed by atoms with Crippen LogP contribution in [0, 0.1) is 17.2 Å². The summed E-state index contributed by atoms with van der Waals surface area (Å²) in [4.78, 5) is 4.46. The highest BCUT2D eigenvalue weighted by atomic mass is 32.2. The van der Waals surface area contributed by atoms with Crippen molar-refractivity contribution in [2.24, 2.45) is 5.92 Å². The number of hydrogen-bond acceptors (Lipinski definition) is 8. The lowest BCUT2D eigenvalue weighted by molar-refractivity contribution is 0.401. The fourth-order valence-corrected chi connectivity index (χ4v) is 4.18. The number of para-hydroxylation sites is 1. The summed E-state index contributed by atoms with van der Waals surface area (Å²) in [5.41, 5.74) is 1.00. The zero-order valence-corrected chi connectivity index (χ0v) is 16.3. The molecule has 0 bridgehead atoms. The van der Waals surface area contributed by atoms with Crippen LogP contribution in [0.5, 0.6) is 0 Å². The summed E-state index contributed by atoms with van der Waals surface area (Å²) >= 11 is 2.71. The van der Waals surface area contributed by atoms with Gasteiger partial charge in [-0.15, -0.1) is 16.4 Å². The summed E-state index contributed by atoms with van der Waals surface area (Å²) < 4.78 is 2.69. The highest BCUT2D eigenvalue weighted by molar-refractivity contribution is 7.99. The number of aliphatic hydroxyl groups excluding tert-OH is 1. The summed E-state index contributed by atoms with van der Waals surface area (Å²) in [6.07, 6.45) is 0. The fourth-order valence-electron chi connectivity index (χ4n) is 2.35. The van der Waals surface area contributed by atoms with Crippen molar-refractivity contribution in [3.8, 4) is 6.07 Å². The molecule has 0 aliphatic rings. The number of rotatable bonds is 6. The van der Waals surface area contributed by atoms with E-state index in [0.29, 0.717) is 22.6 Å². The standard InChI is InChI=1S/C17H18N6OS2/c1-10(2)9-23-17(20-21-22-23)25-11(3)15(24)12(8-18)16-19-13-6-4-5-7-14(13)26-16/h4-7,10-11,24H,9H2,1-3H3/t11-/m0/s1. The van der Waals surface area contributed by atoms with Crippen LogP contribution in [0.1, 0.15) is 25.8 Å². The van der Waals surface area contributed by atoms with Crippen LogP contribution >= 0.6 is 23.1 Å². The number of tetrazole rings is 1. The Morgan fingerprint density at radius 3 is 2.81 bits per heavy atom. The second kappa shape index (κ2) is 7.85. The highest BCUT2D eigenvalue weighted by Crippen LogP contribution is 2.32. The van der Waals surface area contributed by atoms with Gasteiger partial charge in [-0.1, -0.05) is 37.7 Å². The molecule has 1 aromatic carbocycles. The van der Waals surface area contributed by atoms with E-state index in [4.69, 9.17) is 0 Å². The van der Waals surface area contributed by atoms with Crippen LogP contribution in [0.25, 0.3) is 15.8 Å². The van der Waals surface area contributed by atoms with Crippen molar-refractivity contribution in [3.05, 3.63) is 35.0 Å². The van der Waals surface area contributed by atoms with Gasteiger partial charge in [0.2, 0.25) is 5.16 Å². The first-order chi connectivity index (χ1) is 12.5. The molecule has 0 amide bonds. The van der Waals surface area contributed by atoms with Crippen LogP contribution < -0.4 is 0 Å². The molecular weight excluding hydrogens is 368 g/mol. The minimum atomic E-state index is -0.381. The number of hydrogen-bond donors (Lipinski definition) is 1. The topological polar surface area (TPSA) is 101 Å². The van der Waals surface area contributed by atoms with Crippen molar-refractivity contribution >= 4 is 38.9 Å². The molecule has 1 N–H and O–H groups in total. The Bertz CT molecular complexity index is 951. The summed E-state index contributed by atoms with van der Waals surface area (Å²) in [6.45, 7) is 6.67. The Kier molecular flexibility index (Phi) is 5.54. The number of benzene rings is 1. The van der Waals surface area contributed by atoms with Gasteiger partial charge in [0.1, 0.15) is 22.4 Å². The third-order valence-corrected chi connectivity index (χ3v) is 5.71. The van der Waals surface area contributed by atoms with Crippen molar-refractivity contribution < 1.29 is 5.11 Å². The van der Waals surface area contributed by atoms with Gasteiger partial charge >= 0.3 is 0 Å². The molecule has 2 aromatic heterocycles. The van der Waals surface area contributed by atoms with Crippen molar-refractivity contribution in [2.75, 3.05) is 0 Å². The molecule has 134 valence electrons. The molecule has 0 fully saturated rings. The van der Waals surface area contributed by atoms with Crippen molar-refractivity contribution in [1.29, 1.82) is 5.26 Å². The number of nitriles is 1. The molecule has 0 saturated carbocycles. The molecule has 1 atom stereocenters. The van der Waals surface area contributed by atoms with E-state index >= 15 is 0 Å². The molecule has 0 saturated heterocycles. The van der Waals surface area contributed by atoms with Gasteiger partial charge in [0.15, 0.2) is 0 Å². The van der Waals surface area contributed by atoms with Crippen molar-refractivity contribution in [3.63, 3.8) is 0 Å². The van der Waals surface area contributed by atoms with Crippen molar-refractivity contribution in [1.82, 2.24) is 25.2 Å². The van der Waals surface area contributed by atoms with Gasteiger partial charge in [-0.05, 0) is 35.4 Å². The van der Waals surface area contributed by atoms with Gasteiger partial charge in [0.05, 0.1) is 15.5 Å². The first-order valence-corrected chi connectivity index (χ1v) is 9.81. The SMILES string of the molecule is CC(C)Cn1nnnc1S[C@@H](C)C(O)=C(C#N)c1nc2ccccc2s1. The van der Waals surface area contributed by atoms with Crippen LogP contribution in [-0.4, -0.2) is 35.5 Å². The normalized spacial score (nSPS) is 13.7. The van der Waals surface area contributed by atoms with E-state index in [0.717, 1.165) is 10.2 Å². The molecule has 3 rings (SSSR count). The highest BCUT2D eigenvalue weighted by Gasteiger charge is 2.21. The van der Waals surface area contributed by atoms with Gasteiger partial charge in [0, 0.05) is 6.54 Å². The molecule has 0 aliphatic carbocycles. The zero-order chi connectivity index (χ0) is 18.7. The molecule has 9 heteroatoms. The van der Waals surface area contributed by atoms with Gasteiger partial charge in [-0.2, -0.15) is 5.26 Å². The number of aromatic nitrogens is 5. The van der Waals surface area contributed by atoms with E-state index in [9.17, 15) is 10.4 Å². The molecule has 7 nitrogen and oxygen atoms in total. The molecule has 3 aromatic rings. The molecular formula is C17H18N6OS2. The van der Waals surface area contributed by atoms with Crippen LogP contribution in [0.4, 0.5) is 0 Å². The Morgan fingerprint density at radius 2 is 2.12 bits per heavy atom. The maximum absolute atomic E-state index is 10.7. The van der Waals surface area contributed by atoms with Crippen LogP contribution in [0.15, 0.2) is 35.2 Å². The second-order valence-corrected chi connectivity index (χ2v) is 8.49. The largest absolute Gasteiger partial charge is 0.510 e. The smallest absolute Gasteiger partial charge is 0.210 e. The minimum absolute atomic E-state index is 0.0179. The van der Waals surface area contributed by atoms with Gasteiger partial charge < -0.3 is 5.11 Å². The monoisotopic (exact) mass is 386 g/mol. The predicted octanol–water partition coefficient (Wildman–Crippen LogP) is 3.91. The van der Waals surface area contributed by atoms with Gasteiger partial charge in [-0.25, -0.2) is 9.67 Å². The van der Waals surface area contributed by atoms with E-state index in [1.807, 2.05) is 31.2 Å². The van der Waals surface area contributed by atoms with Crippen molar-refractivity contribution in [2.45, 2.75) is 37.7 Å². The van der Waals surface area contributed by atoms with Crippen LogP contribution in [-0.2, 0) is 6.54 Å². The Hall–Kier alpha value is -2.44.